The van der Waals surface area contributed by atoms with Crippen LogP contribution in [0, 0.1) is 19.3 Å². The molecule has 1 aromatic rings. The minimum Gasteiger partial charge on any atom is -0.365 e. The molecule has 0 spiro atoms. The number of carbonyl (C=O) groups excluding carboxylic acids is 2. The second-order valence-electron chi connectivity index (χ2n) is 5.05. The van der Waals surface area contributed by atoms with Crippen LogP contribution in [0.15, 0.2) is 10.2 Å². The summed E-state index contributed by atoms with van der Waals surface area (Å²) >= 11 is 1.20. The van der Waals surface area contributed by atoms with Crippen molar-refractivity contribution in [1.82, 2.24) is 10.3 Å². The number of nitrogens with two attached hydrogens (primary N) is 1. The zero-order valence-electron chi connectivity index (χ0n) is 12.3. The smallest absolute Gasteiger partial charge is 0.260 e. The number of nitrogens with zero attached hydrogens (tertiary/aromatic N) is 3. The second kappa shape index (κ2) is 6.66. The van der Waals surface area contributed by atoms with Crippen molar-refractivity contribution < 1.29 is 9.59 Å². The van der Waals surface area contributed by atoms with E-state index in [1.165, 1.54) is 11.3 Å². The molecule has 8 heteroatoms. The molecular weight excluding hydrogens is 302 g/mol. The van der Waals surface area contributed by atoms with Crippen molar-refractivity contribution in [3.05, 3.63) is 15.6 Å². The summed E-state index contributed by atoms with van der Waals surface area (Å²) in [5, 5.41) is 11.4. The van der Waals surface area contributed by atoms with Crippen molar-refractivity contribution >= 4 is 23.2 Å². The van der Waals surface area contributed by atoms with Gasteiger partial charge in [-0.3, -0.25) is 9.59 Å². The summed E-state index contributed by atoms with van der Waals surface area (Å²) in [6.07, 6.45) is 7.38. The van der Waals surface area contributed by atoms with Crippen LogP contribution in [0.5, 0.6) is 0 Å². The number of nitrogens with one attached hydrogen (secondary N) is 1. The monoisotopic (exact) mass is 319 g/mol. The zero-order valence-corrected chi connectivity index (χ0v) is 13.1. The topological polar surface area (TPSA) is 110 Å². The molecule has 1 aliphatic rings. The number of hydrogen-bond acceptors (Lipinski definition) is 6. The van der Waals surface area contributed by atoms with Gasteiger partial charge in [-0.2, -0.15) is 10.2 Å². The summed E-state index contributed by atoms with van der Waals surface area (Å²) in [5.41, 5.74) is 5.38. The number of thiazole rings is 1. The molecule has 0 unspecified atom stereocenters. The predicted molar refractivity (Wildman–Crippen MR) is 82.1 cm³/mol. The fourth-order valence-electron chi connectivity index (χ4n) is 2.00. The van der Waals surface area contributed by atoms with Crippen molar-refractivity contribution in [2.45, 2.75) is 44.8 Å². The molecule has 1 aliphatic heterocycles. The van der Waals surface area contributed by atoms with Gasteiger partial charge in [0.25, 0.3) is 5.91 Å². The maximum absolute atomic E-state index is 11.8. The van der Waals surface area contributed by atoms with E-state index in [9.17, 15) is 9.59 Å². The van der Waals surface area contributed by atoms with E-state index in [0.29, 0.717) is 41.3 Å². The first-order valence-corrected chi connectivity index (χ1v) is 7.68. The van der Waals surface area contributed by atoms with E-state index >= 15 is 0 Å². The molecular formula is C14H17N5O2S. The van der Waals surface area contributed by atoms with E-state index in [0.717, 1.165) is 0 Å². The highest BCUT2D eigenvalue weighted by atomic mass is 32.1. The Bertz CT molecular complexity index is 653. The minimum absolute atomic E-state index is 0.106. The highest BCUT2D eigenvalue weighted by Gasteiger charge is 2.39. The van der Waals surface area contributed by atoms with Crippen LogP contribution in [0.1, 0.15) is 46.1 Å². The largest absolute Gasteiger partial charge is 0.365 e. The molecule has 2 amide bonds. The fourth-order valence-corrected chi connectivity index (χ4v) is 2.86. The van der Waals surface area contributed by atoms with E-state index < -0.39 is 11.6 Å². The summed E-state index contributed by atoms with van der Waals surface area (Å²) in [6.45, 7) is 2.00. The second-order valence-corrected chi connectivity index (χ2v) is 6.13. The van der Waals surface area contributed by atoms with Gasteiger partial charge in [0.05, 0.1) is 12.2 Å². The first-order chi connectivity index (χ1) is 10.5. The molecule has 116 valence electrons. The Morgan fingerprint density at radius 3 is 2.68 bits per heavy atom. The third-order valence-corrected chi connectivity index (χ3v) is 4.48. The molecule has 0 radical (unpaired) electrons. The van der Waals surface area contributed by atoms with Gasteiger partial charge < -0.3 is 11.1 Å². The summed E-state index contributed by atoms with van der Waals surface area (Å²) < 4.78 is 0. The number of primary amides is 1. The Balaban J connectivity index is 1.75. The molecule has 3 N–H and O–H groups in total. The predicted octanol–water partition coefficient (Wildman–Crippen LogP) is 1.52. The Hall–Kier alpha value is -2.27. The molecule has 22 heavy (non-hydrogen) atoms. The Labute approximate surface area is 132 Å². The van der Waals surface area contributed by atoms with Crippen LogP contribution in [0.2, 0.25) is 0 Å². The van der Waals surface area contributed by atoms with Crippen LogP contribution >= 0.6 is 11.3 Å². The lowest BCUT2D eigenvalue weighted by atomic mass is 10.0. The fraction of sp³-hybridized carbons (Fsp3) is 0.500. The van der Waals surface area contributed by atoms with Gasteiger partial charge in [-0.15, -0.1) is 23.7 Å². The lowest BCUT2D eigenvalue weighted by Gasteiger charge is -2.08. The van der Waals surface area contributed by atoms with Crippen molar-refractivity contribution in [1.29, 1.82) is 0 Å². The van der Waals surface area contributed by atoms with Crippen LogP contribution in [0.3, 0.4) is 0 Å². The van der Waals surface area contributed by atoms with Gasteiger partial charge in [-0.1, -0.05) is 0 Å². The molecule has 0 saturated carbocycles. The van der Waals surface area contributed by atoms with E-state index in [-0.39, 0.29) is 12.5 Å². The average molecular weight is 319 g/mol. The molecule has 2 heterocycles. The molecule has 0 atom stereocenters. The highest BCUT2D eigenvalue weighted by Crippen LogP contribution is 2.37. The van der Waals surface area contributed by atoms with Crippen molar-refractivity contribution in [2.24, 2.45) is 16.0 Å². The van der Waals surface area contributed by atoms with Gasteiger partial charge in [0.2, 0.25) is 5.91 Å². The lowest BCUT2D eigenvalue weighted by molar-refractivity contribution is -0.121. The Morgan fingerprint density at radius 2 is 2.14 bits per heavy atom. The van der Waals surface area contributed by atoms with Crippen LogP contribution in [-0.2, 0) is 11.3 Å². The SMILES string of the molecule is C#CCCC1(CCC(=O)NCc2nc(C)c(C(N)=O)s2)N=N1. The molecule has 0 bridgehead atoms. The molecule has 0 saturated heterocycles. The number of hydrogen-bond donors (Lipinski definition) is 2. The first-order valence-electron chi connectivity index (χ1n) is 6.86. The molecule has 0 fully saturated rings. The van der Waals surface area contributed by atoms with E-state index in [1.807, 2.05) is 0 Å². The van der Waals surface area contributed by atoms with Gasteiger partial charge in [0.15, 0.2) is 5.66 Å². The summed E-state index contributed by atoms with van der Waals surface area (Å²) in [5.74, 6) is 1.94. The number of rotatable bonds is 8. The summed E-state index contributed by atoms with van der Waals surface area (Å²) in [4.78, 5) is 27.6. The molecule has 2 rings (SSSR count). The third kappa shape index (κ3) is 4.11. The summed E-state index contributed by atoms with van der Waals surface area (Å²) in [7, 11) is 0. The van der Waals surface area contributed by atoms with E-state index in [1.54, 1.807) is 6.92 Å². The van der Waals surface area contributed by atoms with Crippen molar-refractivity contribution in [3.63, 3.8) is 0 Å². The molecule has 0 aromatic carbocycles. The third-order valence-electron chi connectivity index (χ3n) is 3.31. The molecule has 0 aliphatic carbocycles. The maximum Gasteiger partial charge on any atom is 0.260 e. The van der Waals surface area contributed by atoms with Gasteiger partial charge in [-0.05, 0) is 6.92 Å². The van der Waals surface area contributed by atoms with Crippen LogP contribution < -0.4 is 11.1 Å². The van der Waals surface area contributed by atoms with Gasteiger partial charge >= 0.3 is 0 Å². The minimum atomic E-state index is -0.500. The number of carbonyl (C=O) groups is 2. The first kappa shape index (κ1) is 16.1. The van der Waals surface area contributed by atoms with E-state index in [4.69, 9.17) is 12.2 Å². The van der Waals surface area contributed by atoms with Gasteiger partial charge in [0.1, 0.15) is 9.88 Å². The number of terminal acetylenes is 1. The molecule has 7 nitrogen and oxygen atoms in total. The quantitative estimate of drug-likeness (QED) is 0.709. The van der Waals surface area contributed by atoms with Crippen LogP contribution in [-0.4, -0.2) is 22.5 Å². The molecule has 1 aromatic heterocycles. The Morgan fingerprint density at radius 1 is 1.41 bits per heavy atom. The zero-order chi connectivity index (χ0) is 16.2. The standard InChI is InChI=1S/C14H17N5O2S/c1-3-4-6-14(18-19-14)7-5-10(20)16-8-11-17-9(2)12(22-11)13(15)21/h1H,4-8H2,2H3,(H2,15,21)(H,16,20). The summed E-state index contributed by atoms with van der Waals surface area (Å²) in [6, 6.07) is 0. The number of aromatic nitrogens is 1. The highest BCUT2D eigenvalue weighted by molar-refractivity contribution is 7.13. The average Bonchev–Trinajstić information content (AvgIpc) is 3.15. The van der Waals surface area contributed by atoms with Gasteiger partial charge in [-0.25, -0.2) is 4.98 Å². The maximum atomic E-state index is 11.8. The van der Waals surface area contributed by atoms with Crippen LogP contribution in [0.25, 0.3) is 0 Å². The number of aryl methyl sites for hydroxylation is 1. The number of amides is 2. The normalized spacial score (nSPS) is 14.4. The van der Waals surface area contributed by atoms with Crippen LogP contribution in [0.4, 0.5) is 0 Å². The Kier molecular flexibility index (Phi) is 4.88. The van der Waals surface area contributed by atoms with E-state index in [2.05, 4.69) is 26.4 Å². The van der Waals surface area contributed by atoms with Crippen molar-refractivity contribution in [2.75, 3.05) is 0 Å². The lowest BCUT2D eigenvalue weighted by Crippen LogP contribution is -2.24. The van der Waals surface area contributed by atoms with Gasteiger partial charge in [0, 0.05) is 25.7 Å². The van der Waals surface area contributed by atoms with Crippen molar-refractivity contribution in [3.8, 4) is 12.3 Å².